The quantitative estimate of drug-likeness (QED) is 0.405. The molecule has 0 bridgehead atoms. The van der Waals surface area contributed by atoms with E-state index in [0.717, 1.165) is 37.8 Å². The first-order valence-corrected chi connectivity index (χ1v) is 7.72. The van der Waals surface area contributed by atoms with Gasteiger partial charge in [0.15, 0.2) is 5.96 Å². The topological polar surface area (TPSA) is 45.7 Å². The minimum absolute atomic E-state index is 0. The molecule has 0 heterocycles. The fraction of sp³-hybridized carbons (Fsp3) is 0.588. The lowest BCUT2D eigenvalue weighted by Crippen LogP contribution is -2.38. The van der Waals surface area contributed by atoms with Crippen LogP contribution in [0.3, 0.4) is 0 Å². The summed E-state index contributed by atoms with van der Waals surface area (Å²) >= 11 is 0. The SMILES string of the molecule is CCNC(=NCC(C)C)NCCc1cc(C)ccc1OC.I. The maximum absolute atomic E-state index is 5.41. The molecule has 0 aliphatic heterocycles. The van der Waals surface area contributed by atoms with E-state index in [1.807, 2.05) is 6.07 Å². The molecule has 0 atom stereocenters. The first-order valence-electron chi connectivity index (χ1n) is 7.72. The van der Waals surface area contributed by atoms with E-state index < -0.39 is 0 Å². The number of aliphatic imine (C=N–C) groups is 1. The average molecular weight is 419 g/mol. The maximum atomic E-state index is 5.41. The molecule has 0 spiro atoms. The second-order valence-corrected chi connectivity index (χ2v) is 5.61. The number of ether oxygens (including phenoxy) is 1. The van der Waals surface area contributed by atoms with E-state index in [-0.39, 0.29) is 24.0 Å². The van der Waals surface area contributed by atoms with Gasteiger partial charge in [0.25, 0.3) is 0 Å². The standard InChI is InChI=1S/C17H29N3O.HI/c1-6-18-17(20-12-13(2)3)19-10-9-15-11-14(4)7-8-16(15)21-5;/h7-8,11,13H,6,9-10,12H2,1-5H3,(H2,18,19,20);1H. The van der Waals surface area contributed by atoms with Crippen LogP contribution in [-0.4, -0.2) is 32.7 Å². The van der Waals surface area contributed by atoms with Crippen molar-refractivity contribution in [3.05, 3.63) is 29.3 Å². The minimum Gasteiger partial charge on any atom is -0.496 e. The van der Waals surface area contributed by atoms with Crippen LogP contribution in [0.2, 0.25) is 0 Å². The predicted molar refractivity (Wildman–Crippen MR) is 106 cm³/mol. The third kappa shape index (κ3) is 7.87. The van der Waals surface area contributed by atoms with Crippen LogP contribution >= 0.6 is 24.0 Å². The molecule has 0 saturated heterocycles. The molecule has 0 aromatic heterocycles. The molecule has 1 rings (SSSR count). The smallest absolute Gasteiger partial charge is 0.191 e. The van der Waals surface area contributed by atoms with Gasteiger partial charge in [-0.2, -0.15) is 0 Å². The first-order chi connectivity index (χ1) is 10.1. The van der Waals surface area contributed by atoms with E-state index >= 15 is 0 Å². The number of methoxy groups -OCH3 is 1. The molecule has 0 unspecified atom stereocenters. The summed E-state index contributed by atoms with van der Waals surface area (Å²) in [5.41, 5.74) is 2.48. The molecule has 0 radical (unpaired) electrons. The fourth-order valence-electron chi connectivity index (χ4n) is 2.03. The Morgan fingerprint density at radius 1 is 1.27 bits per heavy atom. The molecule has 0 aliphatic rings. The number of benzene rings is 1. The highest BCUT2D eigenvalue weighted by atomic mass is 127. The Balaban J connectivity index is 0.00000441. The molecule has 2 N–H and O–H groups in total. The number of hydrogen-bond donors (Lipinski definition) is 2. The molecule has 0 saturated carbocycles. The summed E-state index contributed by atoms with van der Waals surface area (Å²) in [7, 11) is 1.72. The van der Waals surface area contributed by atoms with Gasteiger partial charge in [-0.3, -0.25) is 4.99 Å². The molecule has 0 aliphatic carbocycles. The second-order valence-electron chi connectivity index (χ2n) is 5.61. The number of guanidine groups is 1. The van der Waals surface area contributed by atoms with Crippen LogP contribution < -0.4 is 15.4 Å². The summed E-state index contributed by atoms with van der Waals surface area (Å²) in [6, 6.07) is 6.28. The van der Waals surface area contributed by atoms with E-state index in [2.05, 4.69) is 55.5 Å². The summed E-state index contributed by atoms with van der Waals surface area (Å²) < 4.78 is 5.41. The lowest BCUT2D eigenvalue weighted by molar-refractivity contribution is 0.409. The monoisotopic (exact) mass is 419 g/mol. The van der Waals surface area contributed by atoms with E-state index in [0.29, 0.717) is 5.92 Å². The molecule has 0 amide bonds. The summed E-state index contributed by atoms with van der Waals surface area (Å²) in [5.74, 6) is 2.40. The molecule has 1 aromatic rings. The zero-order valence-electron chi connectivity index (χ0n) is 14.4. The number of rotatable bonds is 7. The van der Waals surface area contributed by atoms with Crippen molar-refractivity contribution >= 4 is 29.9 Å². The Bertz CT molecular complexity index is 461. The van der Waals surface area contributed by atoms with Crippen LogP contribution in [-0.2, 0) is 6.42 Å². The van der Waals surface area contributed by atoms with Gasteiger partial charge >= 0.3 is 0 Å². The normalized spacial score (nSPS) is 11.1. The number of nitrogens with one attached hydrogen (secondary N) is 2. The number of aryl methyl sites for hydroxylation is 1. The van der Waals surface area contributed by atoms with Crippen molar-refractivity contribution in [1.82, 2.24) is 10.6 Å². The van der Waals surface area contributed by atoms with Crippen molar-refractivity contribution in [3.8, 4) is 5.75 Å². The third-order valence-electron chi connectivity index (χ3n) is 3.08. The summed E-state index contributed by atoms with van der Waals surface area (Å²) in [6.45, 7) is 11.1. The molecule has 22 heavy (non-hydrogen) atoms. The first kappa shape index (κ1) is 21.0. The number of nitrogens with zero attached hydrogens (tertiary/aromatic N) is 1. The second kappa shape index (κ2) is 11.6. The van der Waals surface area contributed by atoms with Gasteiger partial charge in [0, 0.05) is 19.6 Å². The number of hydrogen-bond acceptors (Lipinski definition) is 2. The van der Waals surface area contributed by atoms with Gasteiger partial charge in [-0.25, -0.2) is 0 Å². The van der Waals surface area contributed by atoms with Crippen LogP contribution in [0, 0.1) is 12.8 Å². The van der Waals surface area contributed by atoms with Crippen LogP contribution in [0.25, 0.3) is 0 Å². The highest BCUT2D eigenvalue weighted by molar-refractivity contribution is 14.0. The summed E-state index contributed by atoms with van der Waals surface area (Å²) in [4.78, 5) is 4.57. The fourth-order valence-corrected chi connectivity index (χ4v) is 2.03. The molecule has 4 nitrogen and oxygen atoms in total. The highest BCUT2D eigenvalue weighted by Gasteiger charge is 2.04. The molecular formula is C17H30IN3O. The van der Waals surface area contributed by atoms with Crippen LogP contribution in [0.5, 0.6) is 5.75 Å². The predicted octanol–water partition coefficient (Wildman–Crippen LogP) is 3.38. The molecule has 1 aromatic carbocycles. The van der Waals surface area contributed by atoms with E-state index in [1.54, 1.807) is 7.11 Å². The molecule has 5 heteroatoms. The van der Waals surface area contributed by atoms with Gasteiger partial charge in [-0.05, 0) is 37.8 Å². The lowest BCUT2D eigenvalue weighted by Gasteiger charge is -2.13. The molecular weight excluding hydrogens is 389 g/mol. The highest BCUT2D eigenvalue weighted by Crippen LogP contribution is 2.19. The van der Waals surface area contributed by atoms with E-state index in [9.17, 15) is 0 Å². The van der Waals surface area contributed by atoms with Crippen molar-refractivity contribution in [2.75, 3.05) is 26.7 Å². The summed E-state index contributed by atoms with van der Waals surface area (Å²) in [5, 5.41) is 6.65. The Morgan fingerprint density at radius 2 is 2.00 bits per heavy atom. The van der Waals surface area contributed by atoms with E-state index in [4.69, 9.17) is 4.74 Å². The maximum Gasteiger partial charge on any atom is 0.191 e. The van der Waals surface area contributed by atoms with Gasteiger partial charge < -0.3 is 15.4 Å². The Hall–Kier alpha value is -0.980. The van der Waals surface area contributed by atoms with Gasteiger partial charge in [0.1, 0.15) is 5.75 Å². The zero-order chi connectivity index (χ0) is 15.7. The summed E-state index contributed by atoms with van der Waals surface area (Å²) in [6.07, 6.45) is 0.914. The number of halogens is 1. The lowest BCUT2D eigenvalue weighted by atomic mass is 10.1. The largest absolute Gasteiger partial charge is 0.496 e. The van der Waals surface area contributed by atoms with Crippen molar-refractivity contribution in [2.45, 2.75) is 34.1 Å². The zero-order valence-corrected chi connectivity index (χ0v) is 16.7. The van der Waals surface area contributed by atoms with Crippen LogP contribution in [0.4, 0.5) is 0 Å². The van der Waals surface area contributed by atoms with Gasteiger partial charge in [-0.15, -0.1) is 24.0 Å². The average Bonchev–Trinajstić information content (AvgIpc) is 2.45. The van der Waals surface area contributed by atoms with Gasteiger partial charge in [-0.1, -0.05) is 31.5 Å². The van der Waals surface area contributed by atoms with Gasteiger partial charge in [0.2, 0.25) is 0 Å². The molecule has 126 valence electrons. The van der Waals surface area contributed by atoms with Crippen molar-refractivity contribution in [3.63, 3.8) is 0 Å². The minimum atomic E-state index is 0. The third-order valence-corrected chi connectivity index (χ3v) is 3.08. The molecule has 0 fully saturated rings. The Labute approximate surface area is 152 Å². The van der Waals surface area contributed by atoms with Crippen LogP contribution in [0.1, 0.15) is 31.9 Å². The van der Waals surface area contributed by atoms with Crippen molar-refractivity contribution in [1.29, 1.82) is 0 Å². The Morgan fingerprint density at radius 3 is 2.59 bits per heavy atom. The van der Waals surface area contributed by atoms with Crippen molar-refractivity contribution < 1.29 is 4.74 Å². The van der Waals surface area contributed by atoms with Gasteiger partial charge in [0.05, 0.1) is 7.11 Å². The van der Waals surface area contributed by atoms with Crippen LogP contribution in [0.15, 0.2) is 23.2 Å². The van der Waals surface area contributed by atoms with E-state index in [1.165, 1.54) is 11.1 Å². The van der Waals surface area contributed by atoms with Crippen molar-refractivity contribution in [2.24, 2.45) is 10.9 Å². The Kier molecular flexibility index (Phi) is 11.1.